The molecular weight excluding hydrogens is 406 g/mol. The highest BCUT2D eigenvalue weighted by Gasteiger charge is 2.33. The zero-order valence-electron chi connectivity index (χ0n) is 17.4. The number of nitrogens with one attached hydrogen (secondary N) is 1. The van der Waals surface area contributed by atoms with Gasteiger partial charge < -0.3 is 5.32 Å². The third kappa shape index (κ3) is 6.03. The van der Waals surface area contributed by atoms with Gasteiger partial charge in [0.1, 0.15) is 6.04 Å². The molecule has 0 radical (unpaired) electrons. The van der Waals surface area contributed by atoms with Crippen LogP contribution in [0.4, 0.5) is 11.4 Å². The molecule has 9 heteroatoms. The van der Waals surface area contributed by atoms with Crippen LogP contribution in [-0.4, -0.2) is 38.1 Å². The van der Waals surface area contributed by atoms with E-state index in [1.54, 1.807) is 13.8 Å². The van der Waals surface area contributed by atoms with E-state index in [9.17, 15) is 23.3 Å². The van der Waals surface area contributed by atoms with Crippen LogP contribution in [0.15, 0.2) is 48.5 Å². The van der Waals surface area contributed by atoms with Gasteiger partial charge in [0, 0.05) is 18.7 Å². The van der Waals surface area contributed by atoms with Crippen LogP contribution < -0.4 is 9.62 Å². The third-order valence-corrected chi connectivity index (χ3v) is 5.92. The molecule has 1 amide bonds. The number of benzene rings is 2. The molecule has 0 heterocycles. The molecule has 1 unspecified atom stereocenters. The lowest BCUT2D eigenvalue weighted by Gasteiger charge is -2.31. The first-order valence-corrected chi connectivity index (χ1v) is 11.6. The first-order chi connectivity index (χ1) is 14.1. The lowest BCUT2D eigenvalue weighted by Crippen LogP contribution is -2.49. The number of nitrogens with zero attached hydrogens (tertiary/aromatic N) is 2. The van der Waals surface area contributed by atoms with Crippen LogP contribution in [0.25, 0.3) is 0 Å². The Morgan fingerprint density at radius 3 is 2.43 bits per heavy atom. The molecule has 2 aromatic rings. The topological polar surface area (TPSA) is 110 Å². The normalized spacial score (nSPS) is 12.2. The number of aryl methyl sites for hydroxylation is 2. The summed E-state index contributed by atoms with van der Waals surface area (Å²) in [6.45, 7) is 3.76. The Balaban J connectivity index is 2.19. The van der Waals surface area contributed by atoms with Crippen LogP contribution in [-0.2, 0) is 21.2 Å². The van der Waals surface area contributed by atoms with Crippen LogP contribution in [0.3, 0.4) is 0 Å². The van der Waals surface area contributed by atoms with E-state index in [1.165, 1.54) is 18.2 Å². The van der Waals surface area contributed by atoms with Gasteiger partial charge in [-0.05, 0) is 37.3 Å². The molecule has 1 N–H and O–H groups in total. The van der Waals surface area contributed by atoms with Crippen LogP contribution in [0.2, 0.25) is 0 Å². The van der Waals surface area contributed by atoms with Crippen molar-refractivity contribution >= 4 is 27.3 Å². The van der Waals surface area contributed by atoms with E-state index < -0.39 is 26.9 Å². The van der Waals surface area contributed by atoms with Crippen molar-refractivity contribution in [2.24, 2.45) is 0 Å². The van der Waals surface area contributed by atoms with Crippen molar-refractivity contribution in [3.8, 4) is 0 Å². The van der Waals surface area contributed by atoms with Gasteiger partial charge in [0.05, 0.1) is 16.9 Å². The van der Waals surface area contributed by atoms with E-state index in [0.717, 1.165) is 22.5 Å². The molecule has 2 rings (SSSR count). The number of non-ortho nitro benzene ring substituents is 1. The predicted molar refractivity (Wildman–Crippen MR) is 117 cm³/mol. The number of nitro benzene ring substituents is 1. The average Bonchev–Trinajstić information content (AvgIpc) is 2.69. The molecule has 30 heavy (non-hydrogen) atoms. The molecule has 2 aromatic carbocycles. The lowest BCUT2D eigenvalue weighted by molar-refractivity contribution is -0.384. The smallest absolute Gasteiger partial charge is 0.271 e. The number of anilines is 1. The van der Waals surface area contributed by atoms with E-state index in [-0.39, 0.29) is 17.8 Å². The molecule has 0 aliphatic rings. The molecule has 162 valence electrons. The number of nitro groups is 1. The standard InChI is InChI=1S/C21H27N3O5S/c1-4-19(21(25)22-14-8-11-17-9-6-5-7-10-17)23(30(3,28)29)20-15-18(24(26)27)13-12-16(20)2/h5-7,9-10,12-13,15,19H,4,8,11,14H2,1-3H3,(H,22,25). The molecule has 0 aliphatic heterocycles. The highest BCUT2D eigenvalue weighted by molar-refractivity contribution is 7.92. The average molecular weight is 434 g/mol. The maximum absolute atomic E-state index is 12.8. The van der Waals surface area contributed by atoms with Gasteiger partial charge >= 0.3 is 0 Å². The summed E-state index contributed by atoms with van der Waals surface area (Å²) in [6.07, 6.45) is 2.72. The Kier molecular flexibility index (Phi) is 7.93. The van der Waals surface area contributed by atoms with E-state index in [2.05, 4.69) is 5.32 Å². The van der Waals surface area contributed by atoms with Crippen LogP contribution in [0.5, 0.6) is 0 Å². The van der Waals surface area contributed by atoms with E-state index >= 15 is 0 Å². The minimum absolute atomic E-state index is 0.137. The highest BCUT2D eigenvalue weighted by atomic mass is 32.2. The Morgan fingerprint density at radius 1 is 1.20 bits per heavy atom. The van der Waals surface area contributed by atoms with Gasteiger partial charge in [0.25, 0.3) is 5.69 Å². The first kappa shape index (κ1) is 23.3. The maximum atomic E-state index is 12.8. The number of carbonyl (C=O) groups is 1. The van der Waals surface area contributed by atoms with Gasteiger partial charge in [0.2, 0.25) is 15.9 Å². The van der Waals surface area contributed by atoms with Crippen molar-refractivity contribution in [3.63, 3.8) is 0 Å². The molecule has 0 aliphatic carbocycles. The predicted octanol–water partition coefficient (Wildman–Crippen LogP) is 3.20. The Morgan fingerprint density at radius 2 is 1.87 bits per heavy atom. The minimum Gasteiger partial charge on any atom is -0.354 e. The number of carbonyl (C=O) groups excluding carboxylic acids is 1. The zero-order valence-corrected chi connectivity index (χ0v) is 18.2. The number of rotatable bonds is 10. The van der Waals surface area contributed by atoms with Gasteiger partial charge in [-0.2, -0.15) is 0 Å². The second kappa shape index (κ2) is 10.2. The monoisotopic (exact) mass is 433 g/mol. The van der Waals surface area contributed by atoms with Gasteiger partial charge in [-0.1, -0.05) is 43.3 Å². The second-order valence-electron chi connectivity index (χ2n) is 7.09. The van der Waals surface area contributed by atoms with Crippen molar-refractivity contribution in [2.75, 3.05) is 17.1 Å². The Bertz CT molecular complexity index is 993. The summed E-state index contributed by atoms with van der Waals surface area (Å²) in [4.78, 5) is 23.4. The fourth-order valence-electron chi connectivity index (χ4n) is 3.25. The summed E-state index contributed by atoms with van der Waals surface area (Å²) in [7, 11) is -3.86. The molecule has 0 bridgehead atoms. The Labute approximate surface area is 177 Å². The van der Waals surface area contributed by atoms with E-state index in [1.807, 2.05) is 30.3 Å². The van der Waals surface area contributed by atoms with E-state index in [0.29, 0.717) is 18.5 Å². The molecule has 0 fully saturated rings. The molecule has 0 spiro atoms. The van der Waals surface area contributed by atoms with Gasteiger partial charge in [-0.25, -0.2) is 8.42 Å². The summed E-state index contributed by atoms with van der Waals surface area (Å²) >= 11 is 0. The lowest BCUT2D eigenvalue weighted by atomic mass is 10.1. The third-order valence-electron chi connectivity index (χ3n) is 4.75. The number of amides is 1. The molecule has 0 saturated heterocycles. The maximum Gasteiger partial charge on any atom is 0.271 e. The summed E-state index contributed by atoms with van der Waals surface area (Å²) in [5.74, 6) is -0.429. The van der Waals surface area contributed by atoms with Crippen molar-refractivity contribution in [2.45, 2.75) is 39.2 Å². The largest absolute Gasteiger partial charge is 0.354 e. The van der Waals surface area contributed by atoms with Gasteiger partial charge in [-0.3, -0.25) is 19.2 Å². The van der Waals surface area contributed by atoms with Crippen molar-refractivity contribution in [1.29, 1.82) is 0 Å². The SMILES string of the molecule is CCC(C(=O)NCCCc1ccccc1)N(c1cc([N+](=O)[O-])ccc1C)S(C)(=O)=O. The van der Waals surface area contributed by atoms with Crippen molar-refractivity contribution in [3.05, 3.63) is 69.8 Å². The fourth-order valence-corrected chi connectivity index (χ4v) is 4.51. The molecule has 0 aromatic heterocycles. The van der Waals surface area contributed by atoms with E-state index in [4.69, 9.17) is 0 Å². The number of sulfonamides is 1. The quantitative estimate of drug-likeness (QED) is 0.351. The summed E-state index contributed by atoms with van der Waals surface area (Å²) < 4.78 is 26.1. The van der Waals surface area contributed by atoms with Crippen molar-refractivity contribution in [1.82, 2.24) is 5.32 Å². The molecule has 1 atom stereocenters. The second-order valence-corrected chi connectivity index (χ2v) is 8.95. The first-order valence-electron chi connectivity index (χ1n) is 9.71. The Hall–Kier alpha value is -2.94. The fraction of sp³-hybridized carbons (Fsp3) is 0.381. The highest BCUT2D eigenvalue weighted by Crippen LogP contribution is 2.30. The summed E-state index contributed by atoms with van der Waals surface area (Å²) in [6, 6.07) is 12.8. The summed E-state index contributed by atoms with van der Waals surface area (Å²) in [5, 5.41) is 14.0. The summed E-state index contributed by atoms with van der Waals surface area (Å²) in [5.41, 5.74) is 1.59. The zero-order chi connectivity index (χ0) is 22.3. The molecular formula is C21H27N3O5S. The van der Waals surface area contributed by atoms with Crippen molar-refractivity contribution < 1.29 is 18.1 Å². The van der Waals surface area contributed by atoms with Crippen LogP contribution in [0, 0.1) is 17.0 Å². The number of hydrogen-bond acceptors (Lipinski definition) is 5. The van der Waals surface area contributed by atoms with Gasteiger partial charge in [0.15, 0.2) is 0 Å². The van der Waals surface area contributed by atoms with Gasteiger partial charge in [-0.15, -0.1) is 0 Å². The number of hydrogen-bond donors (Lipinski definition) is 1. The van der Waals surface area contributed by atoms with Crippen LogP contribution in [0.1, 0.15) is 30.9 Å². The molecule has 8 nitrogen and oxygen atoms in total. The van der Waals surface area contributed by atoms with Crippen LogP contribution >= 0.6 is 0 Å². The minimum atomic E-state index is -3.86. The molecule has 0 saturated carbocycles.